The minimum absolute atomic E-state index is 0.120. The van der Waals surface area contributed by atoms with Gasteiger partial charge in [0.15, 0.2) is 11.4 Å². The Kier molecular flexibility index (Phi) is 5.78. The Bertz CT molecular complexity index is 1120. The number of pyridine rings is 1. The molecule has 0 atom stereocenters. The van der Waals surface area contributed by atoms with E-state index in [1.54, 1.807) is 33.0 Å². The Hall–Kier alpha value is -3.42. The number of hydrogen-bond acceptors (Lipinski definition) is 4. The highest BCUT2D eigenvalue weighted by Gasteiger charge is 2.33. The maximum absolute atomic E-state index is 14.1. The van der Waals surface area contributed by atoms with Gasteiger partial charge in [-0.15, -0.1) is 0 Å². The van der Waals surface area contributed by atoms with Crippen molar-refractivity contribution in [3.8, 4) is 5.75 Å². The summed E-state index contributed by atoms with van der Waals surface area (Å²) in [6.45, 7) is 7.68. The minimum atomic E-state index is -0.925. The first-order valence-electron chi connectivity index (χ1n) is 9.65. The standard InChI is InChI=1S/C22H24FN3O4/c1-5-25(4)22(30)18-20(28)19(27)17(16-9-7-13(3)26(16)18)21(29)24-11-14-8-6-12(2)10-15(14)23/h6,8,10,28H,3,5,7,9,11H2,1-2,4H3,(H,24,29). The van der Waals surface area contributed by atoms with Crippen LogP contribution in [0.4, 0.5) is 4.39 Å². The minimum Gasteiger partial charge on any atom is -0.503 e. The van der Waals surface area contributed by atoms with Gasteiger partial charge in [-0.1, -0.05) is 18.7 Å². The van der Waals surface area contributed by atoms with Gasteiger partial charge in [0.2, 0.25) is 5.43 Å². The third kappa shape index (κ3) is 3.60. The van der Waals surface area contributed by atoms with Crippen molar-refractivity contribution in [1.29, 1.82) is 0 Å². The second-order valence-corrected chi connectivity index (χ2v) is 7.35. The van der Waals surface area contributed by atoms with Gasteiger partial charge in [-0.3, -0.25) is 14.4 Å². The average molecular weight is 413 g/mol. The van der Waals surface area contributed by atoms with E-state index in [4.69, 9.17) is 0 Å². The summed E-state index contributed by atoms with van der Waals surface area (Å²) in [7, 11) is 1.55. The number of carbonyl (C=O) groups excluding carboxylic acids is 2. The van der Waals surface area contributed by atoms with E-state index in [-0.39, 0.29) is 23.4 Å². The molecular weight excluding hydrogens is 389 g/mol. The van der Waals surface area contributed by atoms with Crippen LogP contribution < -0.4 is 10.7 Å². The van der Waals surface area contributed by atoms with Crippen LogP contribution in [0.15, 0.2) is 29.6 Å². The Morgan fingerprint density at radius 3 is 2.67 bits per heavy atom. The van der Waals surface area contributed by atoms with Gasteiger partial charge >= 0.3 is 0 Å². The van der Waals surface area contributed by atoms with Crippen molar-refractivity contribution in [2.75, 3.05) is 13.6 Å². The first kappa shape index (κ1) is 21.3. The van der Waals surface area contributed by atoms with Crippen LogP contribution in [-0.2, 0) is 13.0 Å². The predicted octanol–water partition coefficient (Wildman–Crippen LogP) is 2.44. The Balaban J connectivity index is 2.03. The van der Waals surface area contributed by atoms with Crippen LogP contribution >= 0.6 is 0 Å². The van der Waals surface area contributed by atoms with E-state index >= 15 is 0 Å². The molecule has 0 unspecified atom stereocenters. The van der Waals surface area contributed by atoms with Crippen LogP contribution in [-0.4, -0.2) is 40.0 Å². The van der Waals surface area contributed by atoms with Crippen molar-refractivity contribution in [3.63, 3.8) is 0 Å². The van der Waals surface area contributed by atoms with Gasteiger partial charge in [-0.25, -0.2) is 4.39 Å². The van der Waals surface area contributed by atoms with E-state index in [0.29, 0.717) is 30.8 Å². The van der Waals surface area contributed by atoms with E-state index in [1.165, 1.54) is 15.5 Å². The molecule has 158 valence electrons. The van der Waals surface area contributed by atoms with E-state index < -0.39 is 28.8 Å². The summed E-state index contributed by atoms with van der Waals surface area (Å²) < 4.78 is 15.5. The third-order valence-electron chi connectivity index (χ3n) is 5.31. The maximum Gasteiger partial charge on any atom is 0.274 e. The lowest BCUT2D eigenvalue weighted by atomic mass is 10.1. The number of aryl methyl sites for hydroxylation is 1. The summed E-state index contributed by atoms with van der Waals surface area (Å²) in [5, 5.41) is 13.1. The Morgan fingerprint density at radius 2 is 2.03 bits per heavy atom. The lowest BCUT2D eigenvalue weighted by Gasteiger charge is -2.21. The van der Waals surface area contributed by atoms with Gasteiger partial charge in [-0.05, 0) is 38.3 Å². The predicted molar refractivity (Wildman–Crippen MR) is 111 cm³/mol. The largest absolute Gasteiger partial charge is 0.503 e. The van der Waals surface area contributed by atoms with Gasteiger partial charge < -0.3 is 19.9 Å². The molecule has 0 spiro atoms. The number of aromatic hydroxyl groups is 1. The topological polar surface area (TPSA) is 91.6 Å². The fourth-order valence-electron chi connectivity index (χ4n) is 3.49. The second-order valence-electron chi connectivity index (χ2n) is 7.35. The Morgan fingerprint density at radius 1 is 1.33 bits per heavy atom. The molecule has 2 N–H and O–H groups in total. The molecule has 7 nitrogen and oxygen atoms in total. The number of benzene rings is 1. The fraction of sp³-hybridized carbons (Fsp3) is 0.318. The molecule has 2 aromatic rings. The van der Waals surface area contributed by atoms with E-state index in [9.17, 15) is 23.9 Å². The average Bonchev–Trinajstić information content (AvgIpc) is 3.08. The zero-order valence-corrected chi connectivity index (χ0v) is 17.2. The van der Waals surface area contributed by atoms with Gasteiger partial charge in [0, 0.05) is 37.1 Å². The van der Waals surface area contributed by atoms with E-state index in [0.717, 1.165) is 5.56 Å². The molecule has 0 bridgehead atoms. The number of nitrogens with one attached hydrogen (secondary N) is 1. The molecule has 1 aliphatic heterocycles. The third-order valence-corrected chi connectivity index (χ3v) is 5.31. The van der Waals surface area contributed by atoms with Crippen LogP contribution in [0.25, 0.3) is 5.70 Å². The molecule has 0 radical (unpaired) electrons. The van der Waals surface area contributed by atoms with Crippen molar-refractivity contribution in [2.24, 2.45) is 0 Å². The monoisotopic (exact) mass is 413 g/mol. The molecule has 0 aliphatic carbocycles. The number of aromatic nitrogens is 1. The highest BCUT2D eigenvalue weighted by Crippen LogP contribution is 2.31. The quantitative estimate of drug-likeness (QED) is 0.788. The normalized spacial score (nSPS) is 12.6. The zero-order chi connectivity index (χ0) is 22.2. The van der Waals surface area contributed by atoms with Crippen molar-refractivity contribution in [1.82, 2.24) is 14.8 Å². The summed E-state index contributed by atoms with van der Waals surface area (Å²) in [5.41, 5.74) is 0.474. The lowest BCUT2D eigenvalue weighted by Crippen LogP contribution is -2.35. The Labute approximate surface area is 173 Å². The maximum atomic E-state index is 14.1. The number of halogens is 1. The summed E-state index contributed by atoms with van der Waals surface area (Å²) in [5.74, 6) is -2.53. The molecule has 1 aromatic heterocycles. The number of allylic oxidation sites excluding steroid dienone is 1. The highest BCUT2D eigenvalue weighted by atomic mass is 19.1. The van der Waals surface area contributed by atoms with Gasteiger partial charge in [0.05, 0.1) is 0 Å². The number of hydrogen-bond donors (Lipinski definition) is 2. The molecule has 3 rings (SSSR count). The number of amides is 2. The summed E-state index contributed by atoms with van der Waals surface area (Å²) in [6.07, 6.45) is 0.762. The molecule has 0 saturated carbocycles. The van der Waals surface area contributed by atoms with Crippen LogP contribution in [0.2, 0.25) is 0 Å². The number of rotatable bonds is 5. The van der Waals surface area contributed by atoms with Crippen LogP contribution in [0.3, 0.4) is 0 Å². The molecule has 2 amide bonds. The number of carbonyl (C=O) groups is 2. The van der Waals surface area contributed by atoms with E-state index in [1.807, 2.05) is 0 Å². The van der Waals surface area contributed by atoms with Crippen molar-refractivity contribution < 1.29 is 19.1 Å². The van der Waals surface area contributed by atoms with Crippen LogP contribution in [0.1, 0.15) is 51.0 Å². The van der Waals surface area contributed by atoms with Gasteiger partial charge in [0.25, 0.3) is 11.8 Å². The smallest absolute Gasteiger partial charge is 0.274 e. The molecule has 2 heterocycles. The SMILES string of the molecule is C=C1CCc2c(C(=O)NCc3ccc(C)cc3F)c(=O)c(O)c(C(=O)N(C)CC)n21. The molecule has 1 aliphatic rings. The zero-order valence-electron chi connectivity index (χ0n) is 17.2. The lowest BCUT2D eigenvalue weighted by molar-refractivity contribution is 0.0788. The fourth-order valence-corrected chi connectivity index (χ4v) is 3.49. The van der Waals surface area contributed by atoms with Gasteiger partial charge in [-0.2, -0.15) is 0 Å². The highest BCUT2D eigenvalue weighted by molar-refractivity contribution is 6.01. The van der Waals surface area contributed by atoms with Gasteiger partial charge in [0.1, 0.15) is 11.4 Å². The molecular formula is C22H24FN3O4. The molecule has 30 heavy (non-hydrogen) atoms. The second kappa shape index (κ2) is 8.14. The van der Waals surface area contributed by atoms with E-state index in [2.05, 4.69) is 11.9 Å². The summed E-state index contributed by atoms with van der Waals surface area (Å²) >= 11 is 0. The van der Waals surface area contributed by atoms with Crippen molar-refractivity contribution in [2.45, 2.75) is 33.2 Å². The molecule has 0 saturated heterocycles. The van der Waals surface area contributed by atoms with Crippen LogP contribution in [0, 0.1) is 12.7 Å². The first-order chi connectivity index (χ1) is 14.2. The summed E-state index contributed by atoms with van der Waals surface area (Å²) in [4.78, 5) is 39.7. The molecule has 1 aromatic carbocycles. The molecule has 0 fully saturated rings. The first-order valence-corrected chi connectivity index (χ1v) is 9.65. The summed E-state index contributed by atoms with van der Waals surface area (Å²) in [6, 6.07) is 4.63. The molecule has 8 heteroatoms. The van der Waals surface area contributed by atoms with Crippen molar-refractivity contribution in [3.05, 3.63) is 68.9 Å². The van der Waals surface area contributed by atoms with Crippen molar-refractivity contribution >= 4 is 17.5 Å². The van der Waals surface area contributed by atoms with Crippen LogP contribution in [0.5, 0.6) is 5.75 Å². The number of nitrogens with zero attached hydrogens (tertiary/aromatic N) is 2. The number of fused-ring (bicyclic) bond motifs is 1.